The summed E-state index contributed by atoms with van der Waals surface area (Å²) in [6.07, 6.45) is 6.12. The molecule has 0 atom stereocenters. The van der Waals surface area contributed by atoms with E-state index < -0.39 is 0 Å². The van der Waals surface area contributed by atoms with Crippen molar-refractivity contribution in [1.29, 1.82) is 0 Å². The Morgan fingerprint density at radius 1 is 1.55 bits per heavy atom. The summed E-state index contributed by atoms with van der Waals surface area (Å²) in [6.45, 7) is 5.72. The fourth-order valence-electron chi connectivity index (χ4n) is 0.714. The minimum absolute atomic E-state index is 0.0805. The molecule has 2 nitrogen and oxygen atoms in total. The zero-order valence-electron chi connectivity index (χ0n) is 7.72. The van der Waals surface area contributed by atoms with E-state index in [1.165, 1.54) is 0 Å². The molecule has 0 aliphatic heterocycles. The summed E-state index contributed by atoms with van der Waals surface area (Å²) in [7, 11) is 2.01. The smallest absolute Gasteiger partial charge is 0.0596 e. The molecule has 0 aliphatic carbocycles. The molecule has 11 heavy (non-hydrogen) atoms. The van der Waals surface area contributed by atoms with E-state index in [1.807, 2.05) is 20.9 Å². The van der Waals surface area contributed by atoms with E-state index in [0.29, 0.717) is 6.54 Å². The van der Waals surface area contributed by atoms with Crippen LogP contribution in [0.2, 0.25) is 0 Å². The highest BCUT2D eigenvalue weighted by Crippen LogP contribution is 2.03. The van der Waals surface area contributed by atoms with Crippen molar-refractivity contribution in [1.82, 2.24) is 4.90 Å². The van der Waals surface area contributed by atoms with E-state index in [2.05, 4.69) is 10.8 Å². The molecule has 0 heterocycles. The predicted molar refractivity (Wildman–Crippen MR) is 49.2 cm³/mol. The maximum Gasteiger partial charge on any atom is 0.0596 e. The molecular formula is C9H18N2. The average molecular weight is 154 g/mol. The van der Waals surface area contributed by atoms with Gasteiger partial charge in [0.15, 0.2) is 0 Å². The van der Waals surface area contributed by atoms with Gasteiger partial charge in [0.05, 0.1) is 6.54 Å². The molecule has 2 N–H and O–H groups in total. The van der Waals surface area contributed by atoms with Crippen molar-refractivity contribution in [2.75, 3.05) is 20.1 Å². The molecule has 0 aromatic rings. The molecule has 0 fully saturated rings. The highest BCUT2D eigenvalue weighted by molar-refractivity contribution is 4.87. The van der Waals surface area contributed by atoms with Crippen LogP contribution in [0.15, 0.2) is 0 Å². The van der Waals surface area contributed by atoms with E-state index in [1.54, 1.807) is 0 Å². The van der Waals surface area contributed by atoms with Gasteiger partial charge in [0, 0.05) is 12.1 Å². The van der Waals surface area contributed by atoms with E-state index in [4.69, 9.17) is 12.2 Å². The molecule has 0 spiro atoms. The molecule has 0 bridgehead atoms. The molecule has 0 saturated carbocycles. The molecule has 0 aromatic heterocycles. The van der Waals surface area contributed by atoms with Crippen LogP contribution < -0.4 is 5.73 Å². The highest BCUT2D eigenvalue weighted by atomic mass is 15.1. The summed E-state index contributed by atoms with van der Waals surface area (Å²) in [5.74, 6) is 2.59. The number of nitrogens with two attached hydrogens (primary N) is 1. The van der Waals surface area contributed by atoms with Crippen LogP contribution in [0.5, 0.6) is 0 Å². The van der Waals surface area contributed by atoms with E-state index >= 15 is 0 Å². The zero-order valence-corrected chi connectivity index (χ0v) is 7.72. The number of rotatable bonds is 4. The van der Waals surface area contributed by atoms with E-state index in [-0.39, 0.29) is 5.54 Å². The quantitative estimate of drug-likeness (QED) is 0.603. The third kappa shape index (κ3) is 7.38. The maximum atomic E-state index is 5.80. The third-order valence-electron chi connectivity index (χ3n) is 1.50. The lowest BCUT2D eigenvalue weighted by Gasteiger charge is -2.21. The molecular weight excluding hydrogens is 136 g/mol. The van der Waals surface area contributed by atoms with Crippen molar-refractivity contribution in [2.45, 2.75) is 25.8 Å². The van der Waals surface area contributed by atoms with Gasteiger partial charge >= 0.3 is 0 Å². The van der Waals surface area contributed by atoms with Gasteiger partial charge in [-0.1, -0.05) is 5.92 Å². The highest BCUT2D eigenvalue weighted by Gasteiger charge is 2.10. The number of hydrogen-bond donors (Lipinski definition) is 1. The van der Waals surface area contributed by atoms with Crippen LogP contribution in [0, 0.1) is 12.3 Å². The van der Waals surface area contributed by atoms with Gasteiger partial charge in [-0.05, 0) is 27.3 Å². The summed E-state index contributed by atoms with van der Waals surface area (Å²) in [5, 5.41) is 0. The van der Waals surface area contributed by atoms with Crippen LogP contribution in [0.25, 0.3) is 0 Å². The van der Waals surface area contributed by atoms with Gasteiger partial charge in [0.25, 0.3) is 0 Å². The monoisotopic (exact) mass is 154 g/mol. The van der Waals surface area contributed by atoms with Crippen molar-refractivity contribution in [3.05, 3.63) is 0 Å². The van der Waals surface area contributed by atoms with Crippen molar-refractivity contribution in [3.8, 4) is 12.3 Å². The summed E-state index contributed by atoms with van der Waals surface area (Å²) in [6, 6.07) is 0. The molecule has 0 aromatic carbocycles. The summed E-state index contributed by atoms with van der Waals surface area (Å²) in [5.41, 5.74) is 5.72. The standard InChI is InChI=1S/C9H18N2/c1-5-7-11(4)8-6-9(2,3)10/h1H,6-8,10H2,2-4H3. The molecule has 0 aliphatic rings. The average Bonchev–Trinajstić information content (AvgIpc) is 1.83. The van der Waals surface area contributed by atoms with Crippen molar-refractivity contribution < 1.29 is 0 Å². The van der Waals surface area contributed by atoms with Crippen LogP contribution in [-0.4, -0.2) is 30.6 Å². The Morgan fingerprint density at radius 3 is 2.45 bits per heavy atom. The van der Waals surface area contributed by atoms with E-state index in [0.717, 1.165) is 13.0 Å². The third-order valence-corrected chi connectivity index (χ3v) is 1.50. The zero-order chi connectivity index (χ0) is 8.91. The van der Waals surface area contributed by atoms with Crippen LogP contribution in [0.1, 0.15) is 20.3 Å². The minimum Gasteiger partial charge on any atom is -0.326 e. The Labute approximate surface area is 69.8 Å². The number of nitrogens with zero attached hydrogens (tertiary/aromatic N) is 1. The Balaban J connectivity index is 3.48. The lowest BCUT2D eigenvalue weighted by Crippen LogP contribution is -2.36. The van der Waals surface area contributed by atoms with Crippen molar-refractivity contribution in [2.24, 2.45) is 5.73 Å². The van der Waals surface area contributed by atoms with Gasteiger partial charge in [-0.25, -0.2) is 0 Å². The molecule has 0 saturated heterocycles. The van der Waals surface area contributed by atoms with Crippen molar-refractivity contribution in [3.63, 3.8) is 0 Å². The second-order valence-electron chi connectivity index (χ2n) is 3.68. The lowest BCUT2D eigenvalue weighted by molar-refractivity contribution is 0.323. The summed E-state index contributed by atoms with van der Waals surface area (Å²) >= 11 is 0. The molecule has 0 radical (unpaired) electrons. The van der Waals surface area contributed by atoms with Crippen LogP contribution in [0.3, 0.4) is 0 Å². The molecule has 0 amide bonds. The van der Waals surface area contributed by atoms with Gasteiger partial charge in [-0.15, -0.1) is 6.42 Å². The molecule has 0 rings (SSSR count). The second kappa shape index (κ2) is 4.38. The fourth-order valence-corrected chi connectivity index (χ4v) is 0.714. The predicted octanol–water partition coefficient (Wildman–Crippen LogP) is 0.679. The van der Waals surface area contributed by atoms with Gasteiger partial charge < -0.3 is 5.73 Å². The Kier molecular flexibility index (Phi) is 4.17. The molecule has 2 heteroatoms. The molecule has 64 valence electrons. The summed E-state index contributed by atoms with van der Waals surface area (Å²) < 4.78 is 0. The maximum absolute atomic E-state index is 5.80. The first-order chi connectivity index (χ1) is 4.95. The Morgan fingerprint density at radius 2 is 2.09 bits per heavy atom. The topological polar surface area (TPSA) is 29.3 Å². The lowest BCUT2D eigenvalue weighted by atomic mass is 10.0. The first-order valence-corrected chi connectivity index (χ1v) is 3.86. The van der Waals surface area contributed by atoms with Crippen LogP contribution in [-0.2, 0) is 0 Å². The number of hydrogen-bond acceptors (Lipinski definition) is 2. The first-order valence-electron chi connectivity index (χ1n) is 3.86. The van der Waals surface area contributed by atoms with Crippen LogP contribution >= 0.6 is 0 Å². The first kappa shape index (κ1) is 10.5. The second-order valence-corrected chi connectivity index (χ2v) is 3.68. The van der Waals surface area contributed by atoms with Gasteiger partial charge in [-0.3, -0.25) is 4.90 Å². The Hall–Kier alpha value is -0.520. The van der Waals surface area contributed by atoms with Gasteiger partial charge in [0.1, 0.15) is 0 Å². The summed E-state index contributed by atoms with van der Waals surface area (Å²) in [4.78, 5) is 2.09. The van der Waals surface area contributed by atoms with Gasteiger partial charge in [-0.2, -0.15) is 0 Å². The van der Waals surface area contributed by atoms with Gasteiger partial charge in [0.2, 0.25) is 0 Å². The largest absolute Gasteiger partial charge is 0.326 e. The SMILES string of the molecule is C#CCN(C)CCC(C)(C)N. The van der Waals surface area contributed by atoms with E-state index in [9.17, 15) is 0 Å². The van der Waals surface area contributed by atoms with Crippen molar-refractivity contribution >= 4 is 0 Å². The van der Waals surface area contributed by atoms with Crippen LogP contribution in [0.4, 0.5) is 0 Å². The fraction of sp³-hybridized carbons (Fsp3) is 0.778. The number of terminal acetylenes is 1. The molecule has 0 unspecified atom stereocenters. The Bertz CT molecular complexity index is 139. The minimum atomic E-state index is -0.0805. The normalized spacial score (nSPS) is 11.6.